The fourth-order valence-corrected chi connectivity index (χ4v) is 3.25. The highest BCUT2D eigenvalue weighted by Gasteiger charge is 2.09. The van der Waals surface area contributed by atoms with E-state index in [4.69, 9.17) is 0 Å². The van der Waals surface area contributed by atoms with Crippen LogP contribution in [-0.2, 0) is 0 Å². The molecule has 6 heteroatoms. The molecule has 0 radical (unpaired) electrons. The molecule has 0 saturated heterocycles. The molecule has 2 heterocycles. The molecule has 0 amide bonds. The minimum Gasteiger partial charge on any atom is -0.369 e. The molecule has 2 aromatic heterocycles. The second-order valence-electron chi connectivity index (χ2n) is 6.06. The lowest BCUT2D eigenvalue weighted by atomic mass is 10.1. The largest absolute Gasteiger partial charge is 0.369 e. The van der Waals surface area contributed by atoms with Gasteiger partial charge in [-0.15, -0.1) is 0 Å². The molecule has 0 fully saturated rings. The van der Waals surface area contributed by atoms with Crippen LogP contribution in [0.3, 0.4) is 0 Å². The van der Waals surface area contributed by atoms with Gasteiger partial charge in [-0.25, -0.2) is 15.0 Å². The number of aromatic nitrogens is 3. The fraction of sp³-hybridized carbons (Fsp3) is 0.278. The highest BCUT2D eigenvalue weighted by atomic mass is 79.9. The molecule has 0 spiro atoms. The van der Waals surface area contributed by atoms with Crippen molar-refractivity contribution in [2.75, 3.05) is 11.9 Å². The van der Waals surface area contributed by atoms with Crippen LogP contribution in [0.2, 0.25) is 0 Å². The van der Waals surface area contributed by atoms with E-state index in [9.17, 15) is 0 Å². The number of anilines is 1. The van der Waals surface area contributed by atoms with Crippen molar-refractivity contribution in [2.24, 2.45) is 5.92 Å². The van der Waals surface area contributed by atoms with Crippen molar-refractivity contribution < 1.29 is 0 Å². The molecule has 0 bridgehead atoms. The summed E-state index contributed by atoms with van der Waals surface area (Å²) in [6.45, 7) is 5.33. The third kappa shape index (κ3) is 3.92. The van der Waals surface area contributed by atoms with E-state index in [-0.39, 0.29) is 0 Å². The quantitative estimate of drug-likeness (QED) is 0.509. The number of halogens is 2. The summed E-state index contributed by atoms with van der Waals surface area (Å²) in [5.74, 6) is 1.53. The number of hydrogen-bond acceptors (Lipinski definition) is 4. The highest BCUT2D eigenvalue weighted by Crippen LogP contribution is 2.32. The molecule has 1 N–H and O–H groups in total. The first kappa shape index (κ1) is 17.3. The predicted octanol–water partition coefficient (Wildman–Crippen LogP) is 5.67. The maximum absolute atomic E-state index is 4.42. The molecule has 4 nitrogen and oxygen atoms in total. The first-order valence-electron chi connectivity index (χ1n) is 7.84. The number of benzene rings is 1. The van der Waals surface area contributed by atoms with Crippen LogP contribution in [0.1, 0.15) is 20.3 Å². The Morgan fingerprint density at radius 3 is 2.71 bits per heavy atom. The van der Waals surface area contributed by atoms with Gasteiger partial charge < -0.3 is 5.32 Å². The highest BCUT2D eigenvalue weighted by molar-refractivity contribution is 9.11. The lowest BCUT2D eigenvalue weighted by Gasteiger charge is -2.11. The maximum atomic E-state index is 4.42. The molecular weight excluding hydrogens is 432 g/mol. The van der Waals surface area contributed by atoms with E-state index in [0.717, 1.165) is 49.9 Å². The molecule has 0 aliphatic heterocycles. The van der Waals surface area contributed by atoms with Gasteiger partial charge in [-0.3, -0.25) is 0 Å². The van der Waals surface area contributed by atoms with Crippen LogP contribution in [0.4, 0.5) is 5.82 Å². The minimum atomic E-state index is 0.657. The standard InChI is InChI=1S/C18H18Br2N4/c1-11(2)5-6-21-18-15-7-12(3-4-16(15)23-10-24-18)14-8-13(19)9-22-17(14)20/h3-4,7-11H,5-6H2,1-2H3,(H,21,23,24). The summed E-state index contributed by atoms with van der Waals surface area (Å²) < 4.78 is 1.76. The Labute approximate surface area is 158 Å². The van der Waals surface area contributed by atoms with Crippen LogP contribution in [0.25, 0.3) is 22.0 Å². The molecule has 0 aliphatic carbocycles. The van der Waals surface area contributed by atoms with E-state index in [1.807, 2.05) is 12.1 Å². The van der Waals surface area contributed by atoms with Gasteiger partial charge in [-0.2, -0.15) is 0 Å². The number of rotatable bonds is 5. The number of nitrogens with zero attached hydrogens (tertiary/aromatic N) is 3. The SMILES string of the molecule is CC(C)CCNc1ncnc2ccc(-c3cc(Br)cnc3Br)cc12. The zero-order chi connectivity index (χ0) is 17.1. The summed E-state index contributed by atoms with van der Waals surface area (Å²) in [7, 11) is 0. The van der Waals surface area contributed by atoms with Crippen LogP contribution < -0.4 is 5.32 Å². The number of hydrogen-bond donors (Lipinski definition) is 1. The first-order chi connectivity index (χ1) is 11.5. The van der Waals surface area contributed by atoms with Gasteiger partial charge in [-0.05, 0) is 68.0 Å². The van der Waals surface area contributed by atoms with Gasteiger partial charge in [0.05, 0.1) is 5.52 Å². The number of pyridine rings is 1. The van der Waals surface area contributed by atoms with Crippen molar-refractivity contribution in [3.63, 3.8) is 0 Å². The average molecular weight is 450 g/mol. The predicted molar refractivity (Wildman–Crippen MR) is 106 cm³/mol. The Balaban J connectivity index is 2.01. The van der Waals surface area contributed by atoms with E-state index < -0.39 is 0 Å². The summed E-state index contributed by atoms with van der Waals surface area (Å²) in [5.41, 5.74) is 3.04. The van der Waals surface area contributed by atoms with Crippen LogP contribution in [0.5, 0.6) is 0 Å². The fourth-order valence-electron chi connectivity index (χ4n) is 2.47. The Hall–Kier alpha value is -1.53. The van der Waals surface area contributed by atoms with Crippen LogP contribution in [0.15, 0.2) is 45.9 Å². The normalized spacial score (nSPS) is 11.2. The van der Waals surface area contributed by atoms with E-state index in [2.05, 4.69) is 78.1 Å². The topological polar surface area (TPSA) is 50.7 Å². The number of fused-ring (bicyclic) bond motifs is 1. The summed E-state index contributed by atoms with van der Waals surface area (Å²) in [5, 5.41) is 4.46. The Bertz CT molecular complexity index is 865. The van der Waals surface area contributed by atoms with Crippen molar-refractivity contribution in [2.45, 2.75) is 20.3 Å². The molecule has 0 unspecified atom stereocenters. The maximum Gasteiger partial charge on any atom is 0.137 e. The minimum absolute atomic E-state index is 0.657. The summed E-state index contributed by atoms with van der Waals surface area (Å²) in [6, 6.07) is 8.24. The molecule has 24 heavy (non-hydrogen) atoms. The van der Waals surface area contributed by atoms with Gasteiger partial charge in [0, 0.05) is 28.2 Å². The van der Waals surface area contributed by atoms with Crippen molar-refractivity contribution >= 4 is 48.6 Å². The molecule has 0 atom stereocenters. The first-order valence-corrected chi connectivity index (χ1v) is 9.43. The van der Waals surface area contributed by atoms with E-state index >= 15 is 0 Å². The molecule has 0 saturated carbocycles. The van der Waals surface area contributed by atoms with Gasteiger partial charge >= 0.3 is 0 Å². The van der Waals surface area contributed by atoms with Gasteiger partial charge in [0.1, 0.15) is 16.7 Å². The third-order valence-corrected chi connectivity index (χ3v) is 4.83. The molecule has 3 aromatic rings. The summed E-state index contributed by atoms with van der Waals surface area (Å²) in [4.78, 5) is 13.1. The van der Waals surface area contributed by atoms with Gasteiger partial charge in [-0.1, -0.05) is 19.9 Å². The van der Waals surface area contributed by atoms with E-state index in [1.54, 1.807) is 12.5 Å². The average Bonchev–Trinajstić information content (AvgIpc) is 2.56. The third-order valence-electron chi connectivity index (χ3n) is 3.77. The lowest BCUT2D eigenvalue weighted by Crippen LogP contribution is -2.06. The van der Waals surface area contributed by atoms with Crippen molar-refractivity contribution in [1.29, 1.82) is 0 Å². The summed E-state index contributed by atoms with van der Waals surface area (Å²) >= 11 is 7.01. The lowest BCUT2D eigenvalue weighted by molar-refractivity contribution is 0.607. The Kier molecular flexibility index (Phi) is 5.46. The second-order valence-corrected chi connectivity index (χ2v) is 7.72. The number of nitrogens with one attached hydrogen (secondary N) is 1. The van der Waals surface area contributed by atoms with Crippen LogP contribution in [-0.4, -0.2) is 21.5 Å². The van der Waals surface area contributed by atoms with Gasteiger partial charge in [0.25, 0.3) is 0 Å². The molecular formula is C18H18Br2N4. The monoisotopic (exact) mass is 448 g/mol. The molecule has 3 rings (SSSR count). The Morgan fingerprint density at radius 1 is 1.08 bits per heavy atom. The van der Waals surface area contributed by atoms with Crippen LogP contribution >= 0.6 is 31.9 Å². The molecule has 0 aliphatic rings. The van der Waals surface area contributed by atoms with Crippen molar-refractivity contribution in [3.05, 3.63) is 45.9 Å². The van der Waals surface area contributed by atoms with Crippen molar-refractivity contribution in [1.82, 2.24) is 15.0 Å². The second kappa shape index (κ2) is 7.57. The smallest absolute Gasteiger partial charge is 0.137 e. The zero-order valence-electron chi connectivity index (χ0n) is 13.6. The van der Waals surface area contributed by atoms with E-state index in [0.29, 0.717) is 5.92 Å². The van der Waals surface area contributed by atoms with Crippen molar-refractivity contribution in [3.8, 4) is 11.1 Å². The van der Waals surface area contributed by atoms with E-state index in [1.165, 1.54) is 0 Å². The zero-order valence-corrected chi connectivity index (χ0v) is 16.7. The Morgan fingerprint density at radius 2 is 1.92 bits per heavy atom. The van der Waals surface area contributed by atoms with Crippen LogP contribution in [0, 0.1) is 5.92 Å². The molecule has 1 aromatic carbocycles. The summed E-state index contributed by atoms with van der Waals surface area (Å²) in [6.07, 6.45) is 4.49. The van der Waals surface area contributed by atoms with Gasteiger partial charge in [0.15, 0.2) is 0 Å². The van der Waals surface area contributed by atoms with Gasteiger partial charge in [0.2, 0.25) is 0 Å². The molecule has 124 valence electrons.